The number of thiophene rings is 1. The molecule has 1 unspecified atom stereocenters. The van der Waals surface area contributed by atoms with Crippen LogP contribution in [0.15, 0.2) is 46.7 Å². The van der Waals surface area contributed by atoms with Crippen LogP contribution in [-0.2, 0) is 27.7 Å². The van der Waals surface area contributed by atoms with Crippen molar-refractivity contribution in [3.8, 4) is 0 Å². The smallest absolute Gasteiger partial charge is 0.243 e. The zero-order valence-corrected chi connectivity index (χ0v) is 16.2. The molecule has 1 aromatic carbocycles. The van der Waals surface area contributed by atoms with Crippen molar-refractivity contribution in [1.29, 1.82) is 0 Å². The zero-order valence-electron chi connectivity index (χ0n) is 14.6. The van der Waals surface area contributed by atoms with E-state index in [1.54, 1.807) is 27.8 Å². The minimum Gasteiger partial charge on any atom is -0.377 e. The molecule has 0 saturated carbocycles. The van der Waals surface area contributed by atoms with Gasteiger partial charge in [0.15, 0.2) is 0 Å². The van der Waals surface area contributed by atoms with E-state index in [9.17, 15) is 8.42 Å². The van der Waals surface area contributed by atoms with Crippen molar-refractivity contribution in [2.75, 3.05) is 13.2 Å². The summed E-state index contributed by atoms with van der Waals surface area (Å²) in [4.78, 5) is 1.41. The lowest BCUT2D eigenvalue weighted by Crippen LogP contribution is -2.36. The third-order valence-corrected chi connectivity index (χ3v) is 7.13. The number of hydrogen-bond acceptors (Lipinski definition) is 4. The molecule has 0 N–H and O–H groups in total. The molecule has 1 aliphatic heterocycles. The van der Waals surface area contributed by atoms with Crippen molar-refractivity contribution < 1.29 is 13.2 Å². The molecule has 0 amide bonds. The molecular weight excluding hydrogens is 354 g/mol. The average molecular weight is 380 g/mol. The first-order valence-electron chi connectivity index (χ1n) is 8.82. The highest BCUT2D eigenvalue weighted by Crippen LogP contribution is 2.24. The van der Waals surface area contributed by atoms with Crippen LogP contribution in [0.1, 0.15) is 36.6 Å². The summed E-state index contributed by atoms with van der Waals surface area (Å²) in [6.45, 7) is 3.66. The van der Waals surface area contributed by atoms with Crippen LogP contribution in [0.5, 0.6) is 0 Å². The number of hydrogen-bond donors (Lipinski definition) is 0. The maximum atomic E-state index is 13.2. The Hall–Kier alpha value is -1.21. The number of sulfonamides is 1. The van der Waals surface area contributed by atoms with Crippen molar-refractivity contribution in [3.05, 3.63) is 52.2 Å². The second-order valence-electron chi connectivity index (χ2n) is 6.41. The van der Waals surface area contributed by atoms with Crippen LogP contribution in [0.3, 0.4) is 0 Å². The largest absolute Gasteiger partial charge is 0.377 e. The summed E-state index contributed by atoms with van der Waals surface area (Å²) in [5, 5.41) is 1.98. The molecule has 1 aliphatic rings. The van der Waals surface area contributed by atoms with E-state index >= 15 is 0 Å². The monoisotopic (exact) mass is 379 g/mol. The lowest BCUT2D eigenvalue weighted by molar-refractivity contribution is 0.0927. The topological polar surface area (TPSA) is 46.6 Å². The highest BCUT2D eigenvalue weighted by molar-refractivity contribution is 7.89. The first-order chi connectivity index (χ1) is 12.1. The van der Waals surface area contributed by atoms with Gasteiger partial charge < -0.3 is 4.74 Å². The first kappa shape index (κ1) is 18.6. The standard InChI is InChI=1S/C19H25NO3S2/c1-2-5-16-8-10-19(11-9-16)25(21,22)20(14-17-6-3-12-23-17)15-18-7-4-13-24-18/h4,7-11,13,17H,2-3,5-6,12,14-15H2,1H3. The van der Waals surface area contributed by atoms with Crippen LogP contribution >= 0.6 is 11.3 Å². The van der Waals surface area contributed by atoms with Crippen LogP contribution in [-0.4, -0.2) is 32.0 Å². The van der Waals surface area contributed by atoms with E-state index in [-0.39, 0.29) is 6.10 Å². The molecule has 6 heteroatoms. The highest BCUT2D eigenvalue weighted by atomic mass is 32.2. The van der Waals surface area contributed by atoms with Crippen LogP contribution < -0.4 is 0 Å². The minimum absolute atomic E-state index is 0.00546. The van der Waals surface area contributed by atoms with Crippen LogP contribution in [0.4, 0.5) is 0 Å². The molecule has 0 bridgehead atoms. The molecule has 2 heterocycles. The van der Waals surface area contributed by atoms with E-state index in [1.807, 2.05) is 29.6 Å². The lowest BCUT2D eigenvalue weighted by atomic mass is 10.1. The Labute approximate surface area is 154 Å². The van der Waals surface area contributed by atoms with Gasteiger partial charge in [0.2, 0.25) is 10.0 Å². The Bertz CT molecular complexity index is 748. The molecule has 0 aliphatic carbocycles. The normalized spacial score (nSPS) is 18.1. The van der Waals surface area contributed by atoms with Gasteiger partial charge in [-0.25, -0.2) is 8.42 Å². The van der Waals surface area contributed by atoms with Gasteiger partial charge in [0, 0.05) is 24.6 Å². The van der Waals surface area contributed by atoms with Gasteiger partial charge in [0.05, 0.1) is 11.0 Å². The Balaban J connectivity index is 1.83. The Kier molecular flexibility index (Phi) is 6.28. The van der Waals surface area contributed by atoms with Crippen molar-refractivity contribution in [2.45, 2.75) is 50.2 Å². The molecule has 0 spiro atoms. The van der Waals surface area contributed by atoms with Crippen LogP contribution in [0.25, 0.3) is 0 Å². The van der Waals surface area contributed by atoms with Gasteiger partial charge >= 0.3 is 0 Å². The Morgan fingerprint density at radius 1 is 1.24 bits per heavy atom. The molecular formula is C19H25NO3S2. The van der Waals surface area contributed by atoms with Crippen LogP contribution in [0.2, 0.25) is 0 Å². The molecule has 4 nitrogen and oxygen atoms in total. The van der Waals surface area contributed by atoms with Gasteiger partial charge in [-0.15, -0.1) is 11.3 Å². The van der Waals surface area contributed by atoms with Crippen molar-refractivity contribution in [1.82, 2.24) is 4.31 Å². The van der Waals surface area contributed by atoms with E-state index in [4.69, 9.17) is 4.74 Å². The van der Waals surface area contributed by atoms with E-state index in [0.29, 0.717) is 18.0 Å². The molecule has 1 atom stereocenters. The van der Waals surface area contributed by atoms with Crippen molar-refractivity contribution >= 4 is 21.4 Å². The molecule has 25 heavy (non-hydrogen) atoms. The Morgan fingerprint density at radius 2 is 2.04 bits per heavy atom. The summed E-state index contributed by atoms with van der Waals surface area (Å²) in [5.74, 6) is 0. The lowest BCUT2D eigenvalue weighted by Gasteiger charge is -2.24. The molecule has 136 valence electrons. The van der Waals surface area contributed by atoms with Gasteiger partial charge in [0.25, 0.3) is 0 Å². The average Bonchev–Trinajstić information content (AvgIpc) is 3.29. The number of benzene rings is 1. The number of ether oxygens (including phenoxy) is 1. The summed E-state index contributed by atoms with van der Waals surface area (Å²) >= 11 is 1.58. The predicted molar refractivity (Wildman–Crippen MR) is 101 cm³/mol. The molecule has 0 radical (unpaired) electrons. The number of rotatable bonds is 8. The van der Waals surface area contributed by atoms with E-state index < -0.39 is 10.0 Å². The van der Waals surface area contributed by atoms with E-state index in [1.165, 1.54) is 5.56 Å². The highest BCUT2D eigenvalue weighted by Gasteiger charge is 2.29. The minimum atomic E-state index is -3.54. The van der Waals surface area contributed by atoms with Gasteiger partial charge in [-0.05, 0) is 48.4 Å². The van der Waals surface area contributed by atoms with Crippen molar-refractivity contribution in [3.63, 3.8) is 0 Å². The van der Waals surface area contributed by atoms with Gasteiger partial charge in [0.1, 0.15) is 0 Å². The maximum absolute atomic E-state index is 13.2. The van der Waals surface area contributed by atoms with E-state index in [2.05, 4.69) is 6.92 Å². The predicted octanol–water partition coefficient (Wildman–Crippen LogP) is 4.07. The maximum Gasteiger partial charge on any atom is 0.243 e. The third-order valence-electron chi connectivity index (χ3n) is 4.44. The van der Waals surface area contributed by atoms with E-state index in [0.717, 1.165) is 37.2 Å². The zero-order chi connectivity index (χ0) is 17.7. The summed E-state index contributed by atoms with van der Waals surface area (Å²) in [5.41, 5.74) is 1.17. The number of aryl methyl sites for hydroxylation is 1. The fraction of sp³-hybridized carbons (Fsp3) is 0.474. The third kappa shape index (κ3) is 4.70. The van der Waals surface area contributed by atoms with Gasteiger partial charge in [-0.1, -0.05) is 31.5 Å². The quantitative estimate of drug-likeness (QED) is 0.694. The summed E-state index contributed by atoms with van der Waals surface area (Å²) in [6.07, 6.45) is 3.94. The number of nitrogens with zero attached hydrogens (tertiary/aromatic N) is 1. The molecule has 2 aromatic rings. The molecule has 1 aromatic heterocycles. The van der Waals surface area contributed by atoms with Crippen molar-refractivity contribution in [2.24, 2.45) is 0 Å². The second kappa shape index (κ2) is 8.45. The van der Waals surface area contributed by atoms with Crippen LogP contribution in [0, 0.1) is 0 Å². The molecule has 1 saturated heterocycles. The summed E-state index contributed by atoms with van der Waals surface area (Å²) < 4.78 is 33.6. The molecule has 1 fully saturated rings. The molecule has 3 rings (SSSR count). The Morgan fingerprint density at radius 3 is 2.64 bits per heavy atom. The van der Waals surface area contributed by atoms with Gasteiger partial charge in [-0.2, -0.15) is 4.31 Å². The fourth-order valence-electron chi connectivity index (χ4n) is 3.11. The SMILES string of the molecule is CCCc1ccc(S(=O)(=O)N(Cc2cccs2)CC2CCCO2)cc1. The second-order valence-corrected chi connectivity index (χ2v) is 9.38. The summed E-state index contributed by atoms with van der Waals surface area (Å²) in [6, 6.07) is 11.2. The van der Waals surface area contributed by atoms with Gasteiger partial charge in [-0.3, -0.25) is 0 Å². The summed E-state index contributed by atoms with van der Waals surface area (Å²) in [7, 11) is -3.54. The first-order valence-corrected chi connectivity index (χ1v) is 11.1. The fourth-order valence-corrected chi connectivity index (χ4v) is 5.36.